The highest BCUT2D eigenvalue weighted by atomic mass is 79.9. The smallest absolute Gasteiger partial charge is 0.0487 e. The third-order valence-electron chi connectivity index (χ3n) is 3.08. The average Bonchev–Trinajstić information content (AvgIpc) is 2.43. The fourth-order valence-corrected chi connectivity index (χ4v) is 2.18. The summed E-state index contributed by atoms with van der Waals surface area (Å²) in [5.74, 6) is 0.489. The van der Waals surface area contributed by atoms with Crippen LogP contribution in [0.1, 0.15) is 18.4 Å². The molecule has 0 aliphatic heterocycles. The summed E-state index contributed by atoms with van der Waals surface area (Å²) < 4.78 is 11.7. The molecule has 1 unspecified atom stereocenters. The van der Waals surface area contributed by atoms with Gasteiger partial charge < -0.3 is 15.2 Å². The molecule has 0 aliphatic carbocycles. The molecule has 1 rings (SSSR count). The maximum atomic E-state index is 5.83. The topological polar surface area (TPSA) is 44.5 Å². The third-order valence-corrected chi connectivity index (χ3v) is 3.61. The fourth-order valence-electron chi connectivity index (χ4n) is 1.91. The Kier molecular flexibility index (Phi) is 9.08. The molecule has 0 fully saturated rings. The molecule has 0 radical (unpaired) electrons. The fraction of sp³-hybridized carbons (Fsp3) is 0.600. The van der Waals surface area contributed by atoms with E-state index in [0.717, 1.165) is 43.6 Å². The van der Waals surface area contributed by atoms with Gasteiger partial charge in [0.1, 0.15) is 0 Å². The highest BCUT2D eigenvalue weighted by Gasteiger charge is 2.08. The normalized spacial score (nSPS) is 12.6. The third kappa shape index (κ3) is 7.67. The molecular weight excluding hydrogens is 306 g/mol. The van der Waals surface area contributed by atoms with E-state index < -0.39 is 0 Å². The predicted molar refractivity (Wildman–Crippen MR) is 82.3 cm³/mol. The number of nitrogens with two attached hydrogens (primary N) is 1. The minimum atomic E-state index is 0.489. The molecule has 19 heavy (non-hydrogen) atoms. The Balaban J connectivity index is 2.20. The van der Waals surface area contributed by atoms with E-state index in [9.17, 15) is 0 Å². The van der Waals surface area contributed by atoms with Gasteiger partial charge in [-0.05, 0) is 49.4 Å². The van der Waals surface area contributed by atoms with Crippen molar-refractivity contribution in [1.82, 2.24) is 0 Å². The summed E-state index contributed by atoms with van der Waals surface area (Å²) in [6, 6.07) is 8.44. The Hall–Kier alpha value is -0.420. The number of halogens is 1. The molecule has 4 heteroatoms. The van der Waals surface area contributed by atoms with E-state index in [-0.39, 0.29) is 0 Å². The van der Waals surface area contributed by atoms with Gasteiger partial charge in [0.25, 0.3) is 0 Å². The van der Waals surface area contributed by atoms with Gasteiger partial charge in [0.2, 0.25) is 0 Å². The largest absolute Gasteiger partial charge is 0.385 e. The summed E-state index contributed by atoms with van der Waals surface area (Å²) in [6.07, 6.45) is 2.99. The standard InChI is InChI=1S/C15H24BrNO2/c1-18-8-2-9-19-10-7-14(12-17)11-13-3-5-15(16)6-4-13/h3-6,14H,2,7-12,17H2,1H3. The second-order valence-corrected chi connectivity index (χ2v) is 5.60. The van der Waals surface area contributed by atoms with Gasteiger partial charge >= 0.3 is 0 Å². The van der Waals surface area contributed by atoms with Gasteiger partial charge in [-0.1, -0.05) is 28.1 Å². The first-order valence-electron chi connectivity index (χ1n) is 6.77. The van der Waals surface area contributed by atoms with E-state index in [1.807, 2.05) is 0 Å². The zero-order valence-electron chi connectivity index (χ0n) is 11.6. The van der Waals surface area contributed by atoms with Crippen LogP contribution in [0.4, 0.5) is 0 Å². The Bertz CT molecular complexity index is 329. The van der Waals surface area contributed by atoms with Gasteiger partial charge in [0.15, 0.2) is 0 Å². The van der Waals surface area contributed by atoms with Crippen molar-refractivity contribution >= 4 is 15.9 Å². The van der Waals surface area contributed by atoms with E-state index in [1.165, 1.54) is 5.56 Å². The van der Waals surface area contributed by atoms with Crippen molar-refractivity contribution in [1.29, 1.82) is 0 Å². The molecule has 0 heterocycles. The quantitative estimate of drug-likeness (QED) is 0.671. The van der Waals surface area contributed by atoms with Crippen LogP contribution in [0.15, 0.2) is 28.7 Å². The van der Waals surface area contributed by atoms with Crippen molar-refractivity contribution in [3.63, 3.8) is 0 Å². The lowest BCUT2D eigenvalue weighted by Gasteiger charge is -2.15. The highest BCUT2D eigenvalue weighted by Crippen LogP contribution is 2.15. The van der Waals surface area contributed by atoms with Gasteiger partial charge in [-0.2, -0.15) is 0 Å². The van der Waals surface area contributed by atoms with E-state index in [4.69, 9.17) is 15.2 Å². The lowest BCUT2D eigenvalue weighted by atomic mass is 9.97. The molecule has 1 atom stereocenters. The lowest BCUT2D eigenvalue weighted by molar-refractivity contribution is 0.0942. The van der Waals surface area contributed by atoms with Crippen LogP contribution in [0, 0.1) is 5.92 Å². The average molecular weight is 330 g/mol. The van der Waals surface area contributed by atoms with Gasteiger partial charge in [-0.25, -0.2) is 0 Å². The highest BCUT2D eigenvalue weighted by molar-refractivity contribution is 9.10. The summed E-state index contributed by atoms with van der Waals surface area (Å²) >= 11 is 3.45. The first-order valence-corrected chi connectivity index (χ1v) is 7.56. The summed E-state index contributed by atoms with van der Waals surface area (Å²) in [6.45, 7) is 3.02. The Morgan fingerprint density at radius 2 is 1.89 bits per heavy atom. The SMILES string of the molecule is COCCCOCCC(CN)Cc1ccc(Br)cc1. The van der Waals surface area contributed by atoms with Gasteiger partial charge in [0.05, 0.1) is 0 Å². The molecule has 0 bridgehead atoms. The van der Waals surface area contributed by atoms with E-state index in [2.05, 4.69) is 40.2 Å². The zero-order valence-corrected chi connectivity index (χ0v) is 13.2. The number of hydrogen-bond acceptors (Lipinski definition) is 3. The Labute approximate surface area is 124 Å². The van der Waals surface area contributed by atoms with Crippen LogP contribution >= 0.6 is 15.9 Å². The Morgan fingerprint density at radius 1 is 1.16 bits per heavy atom. The molecular formula is C15H24BrNO2. The van der Waals surface area contributed by atoms with Gasteiger partial charge in [0, 0.05) is 31.4 Å². The first-order chi connectivity index (χ1) is 9.26. The molecule has 1 aromatic rings. The van der Waals surface area contributed by atoms with Crippen molar-refractivity contribution in [2.24, 2.45) is 11.7 Å². The maximum absolute atomic E-state index is 5.83. The first kappa shape index (κ1) is 16.6. The summed E-state index contributed by atoms with van der Waals surface area (Å²) in [5.41, 5.74) is 7.16. The minimum Gasteiger partial charge on any atom is -0.385 e. The van der Waals surface area contributed by atoms with Gasteiger partial charge in [-0.3, -0.25) is 0 Å². The van der Waals surface area contributed by atoms with Crippen LogP contribution in [0.2, 0.25) is 0 Å². The number of rotatable bonds is 10. The van der Waals surface area contributed by atoms with Crippen LogP contribution in [0.3, 0.4) is 0 Å². The number of hydrogen-bond donors (Lipinski definition) is 1. The molecule has 0 aliphatic rings. The Morgan fingerprint density at radius 3 is 2.53 bits per heavy atom. The van der Waals surface area contributed by atoms with Crippen LogP contribution in [-0.2, 0) is 15.9 Å². The van der Waals surface area contributed by atoms with Crippen LogP contribution in [-0.4, -0.2) is 33.5 Å². The van der Waals surface area contributed by atoms with E-state index in [1.54, 1.807) is 7.11 Å². The van der Waals surface area contributed by atoms with E-state index in [0.29, 0.717) is 12.5 Å². The van der Waals surface area contributed by atoms with Crippen molar-refractivity contribution in [2.45, 2.75) is 19.3 Å². The number of ether oxygens (including phenoxy) is 2. The molecule has 0 saturated heterocycles. The molecule has 0 saturated carbocycles. The minimum absolute atomic E-state index is 0.489. The van der Waals surface area contributed by atoms with Crippen molar-refractivity contribution in [3.05, 3.63) is 34.3 Å². The number of methoxy groups -OCH3 is 1. The maximum Gasteiger partial charge on any atom is 0.0487 e. The van der Waals surface area contributed by atoms with Crippen molar-refractivity contribution in [3.8, 4) is 0 Å². The molecule has 1 aromatic carbocycles. The van der Waals surface area contributed by atoms with Crippen LogP contribution in [0.5, 0.6) is 0 Å². The van der Waals surface area contributed by atoms with Crippen molar-refractivity contribution in [2.75, 3.05) is 33.5 Å². The summed E-state index contributed by atoms with van der Waals surface area (Å²) in [5, 5.41) is 0. The molecule has 0 aromatic heterocycles. The lowest BCUT2D eigenvalue weighted by Crippen LogP contribution is -2.19. The molecule has 2 N–H and O–H groups in total. The predicted octanol–water partition coefficient (Wildman–Crippen LogP) is 3.01. The van der Waals surface area contributed by atoms with Crippen LogP contribution < -0.4 is 5.73 Å². The summed E-state index contributed by atoms with van der Waals surface area (Å²) in [7, 11) is 1.71. The second kappa shape index (κ2) is 10.4. The molecule has 108 valence electrons. The zero-order chi connectivity index (χ0) is 13.9. The van der Waals surface area contributed by atoms with Gasteiger partial charge in [-0.15, -0.1) is 0 Å². The number of benzene rings is 1. The molecule has 0 spiro atoms. The second-order valence-electron chi connectivity index (χ2n) is 4.68. The molecule has 3 nitrogen and oxygen atoms in total. The van der Waals surface area contributed by atoms with Crippen LogP contribution in [0.25, 0.3) is 0 Å². The monoisotopic (exact) mass is 329 g/mol. The van der Waals surface area contributed by atoms with Crippen molar-refractivity contribution < 1.29 is 9.47 Å². The molecule has 0 amide bonds. The van der Waals surface area contributed by atoms with E-state index >= 15 is 0 Å². The summed E-state index contributed by atoms with van der Waals surface area (Å²) in [4.78, 5) is 0.